The van der Waals surface area contributed by atoms with Crippen LogP contribution in [-0.2, 0) is 0 Å². The second-order valence-electron chi connectivity index (χ2n) is 7.36. The summed E-state index contributed by atoms with van der Waals surface area (Å²) in [7, 11) is 0. The first-order valence-electron chi connectivity index (χ1n) is 9.78. The van der Waals surface area contributed by atoms with Crippen LogP contribution in [0.5, 0.6) is 0 Å². The number of nitrogens with one attached hydrogen (secondary N) is 3. The molecule has 0 bridgehead atoms. The zero-order valence-corrected chi connectivity index (χ0v) is 17.7. The zero-order chi connectivity index (χ0) is 21.3. The van der Waals surface area contributed by atoms with E-state index in [9.17, 15) is 4.79 Å². The molecular weight excluding hydrogens is 398 g/mol. The van der Waals surface area contributed by atoms with Gasteiger partial charge in [-0.1, -0.05) is 17.4 Å². The molecule has 30 heavy (non-hydrogen) atoms. The number of carbonyl (C=O) groups is 1. The number of fused-ring (bicyclic) bond motifs is 1. The maximum Gasteiger partial charge on any atom is 0.256 e. The number of nitrogens with zero attached hydrogens (tertiary/aromatic N) is 4. The summed E-state index contributed by atoms with van der Waals surface area (Å²) in [5.74, 6) is 0.210. The van der Waals surface area contributed by atoms with Gasteiger partial charge in [0.05, 0.1) is 16.6 Å². The molecule has 0 aliphatic carbocycles. The molecule has 1 fully saturated rings. The molecule has 0 spiro atoms. The van der Waals surface area contributed by atoms with Crippen molar-refractivity contribution in [3.8, 4) is 0 Å². The Morgan fingerprint density at radius 3 is 2.73 bits per heavy atom. The molecular formula is C21H23N7OS. The Balaban J connectivity index is 1.52. The van der Waals surface area contributed by atoms with Crippen LogP contribution < -0.4 is 10.2 Å². The lowest BCUT2D eigenvalue weighted by Crippen LogP contribution is -2.36. The summed E-state index contributed by atoms with van der Waals surface area (Å²) in [5, 5.41) is 19.6. The summed E-state index contributed by atoms with van der Waals surface area (Å²) in [6.45, 7) is 5.87. The Hall–Kier alpha value is -3.33. The van der Waals surface area contributed by atoms with Crippen LogP contribution in [0.25, 0.3) is 10.2 Å². The molecule has 0 atom stereocenters. The summed E-state index contributed by atoms with van der Waals surface area (Å²) < 4.78 is 0.978. The molecule has 0 radical (unpaired) electrons. The van der Waals surface area contributed by atoms with Crippen molar-refractivity contribution in [2.45, 2.75) is 26.3 Å². The van der Waals surface area contributed by atoms with Gasteiger partial charge in [-0.2, -0.15) is 0 Å². The van der Waals surface area contributed by atoms with Gasteiger partial charge in [0.25, 0.3) is 5.91 Å². The van der Waals surface area contributed by atoms with Gasteiger partial charge in [-0.3, -0.25) is 15.6 Å². The molecule has 1 aliphatic rings. The summed E-state index contributed by atoms with van der Waals surface area (Å²) in [6, 6.07) is 10.6. The zero-order valence-electron chi connectivity index (χ0n) is 16.8. The Labute approximate surface area is 178 Å². The predicted molar refractivity (Wildman–Crippen MR) is 121 cm³/mol. The number of pyridine rings is 1. The van der Waals surface area contributed by atoms with E-state index < -0.39 is 0 Å². The summed E-state index contributed by atoms with van der Waals surface area (Å²) in [6.07, 6.45) is 2.31. The standard InChI is InChI=1S/C21H23N7OS/c1-13(2)28(12-22)19(23)16-5-3-6-18(24-16)26-20(29)14-7-8-15-17(11-14)30-21(25-15)27-9-4-10-27/h3,5-8,11-13,22-23H,4,9-10H2,1-2H3,(H,24,26,29). The third kappa shape index (κ3) is 3.88. The van der Waals surface area contributed by atoms with Crippen molar-refractivity contribution in [3.05, 3.63) is 47.7 Å². The van der Waals surface area contributed by atoms with E-state index in [0.29, 0.717) is 17.1 Å². The number of aromatic nitrogens is 2. The minimum atomic E-state index is -0.264. The lowest BCUT2D eigenvalue weighted by Gasteiger charge is -2.30. The highest BCUT2D eigenvalue weighted by atomic mass is 32.1. The fourth-order valence-corrected chi connectivity index (χ4v) is 4.18. The van der Waals surface area contributed by atoms with E-state index in [1.165, 1.54) is 11.3 Å². The number of benzene rings is 1. The average molecular weight is 422 g/mol. The first-order valence-corrected chi connectivity index (χ1v) is 10.6. The van der Waals surface area contributed by atoms with Gasteiger partial charge in [-0.15, -0.1) is 0 Å². The Kier molecular flexibility index (Phi) is 5.45. The van der Waals surface area contributed by atoms with Crippen LogP contribution in [0.3, 0.4) is 0 Å². The van der Waals surface area contributed by atoms with Crippen molar-refractivity contribution in [2.24, 2.45) is 0 Å². The fraction of sp³-hybridized carbons (Fsp3) is 0.286. The summed E-state index contributed by atoms with van der Waals surface area (Å²) >= 11 is 1.60. The van der Waals surface area contributed by atoms with Gasteiger partial charge in [0.2, 0.25) is 0 Å². The van der Waals surface area contributed by atoms with Crippen molar-refractivity contribution < 1.29 is 4.79 Å². The molecule has 3 aromatic rings. The Morgan fingerprint density at radius 2 is 2.07 bits per heavy atom. The molecule has 9 heteroatoms. The van der Waals surface area contributed by atoms with Gasteiger partial charge in [0.1, 0.15) is 11.5 Å². The number of anilines is 2. The van der Waals surface area contributed by atoms with Gasteiger partial charge in [-0.25, -0.2) is 9.97 Å². The van der Waals surface area contributed by atoms with Crippen molar-refractivity contribution in [1.29, 1.82) is 10.8 Å². The topological polar surface area (TPSA) is 109 Å². The van der Waals surface area contributed by atoms with Crippen LogP contribution in [-0.4, -0.2) is 52.1 Å². The molecule has 1 amide bonds. The smallest absolute Gasteiger partial charge is 0.256 e. The highest BCUT2D eigenvalue weighted by Gasteiger charge is 2.19. The molecule has 0 unspecified atom stereocenters. The highest BCUT2D eigenvalue weighted by Crippen LogP contribution is 2.31. The molecule has 3 heterocycles. The number of hydrogen-bond acceptors (Lipinski definition) is 7. The molecule has 4 rings (SSSR count). The quantitative estimate of drug-likeness (QED) is 0.414. The van der Waals surface area contributed by atoms with Crippen LogP contribution in [0, 0.1) is 10.8 Å². The third-order valence-electron chi connectivity index (χ3n) is 4.95. The Bertz CT molecular complexity index is 1120. The maximum atomic E-state index is 12.8. The van der Waals surface area contributed by atoms with E-state index in [-0.39, 0.29) is 17.8 Å². The average Bonchev–Trinajstić information content (AvgIpc) is 3.09. The van der Waals surface area contributed by atoms with Gasteiger partial charge in [-0.05, 0) is 50.6 Å². The molecule has 0 saturated carbocycles. The second kappa shape index (κ2) is 8.19. The van der Waals surface area contributed by atoms with Gasteiger partial charge in [0.15, 0.2) is 11.0 Å². The molecule has 154 valence electrons. The number of carbonyl (C=O) groups excluding carboxylic acids is 1. The normalized spacial score (nSPS) is 13.2. The number of thiazole rings is 1. The van der Waals surface area contributed by atoms with E-state index >= 15 is 0 Å². The number of hydrogen-bond donors (Lipinski definition) is 3. The third-order valence-corrected chi connectivity index (χ3v) is 6.03. The van der Waals surface area contributed by atoms with Crippen LogP contribution in [0.15, 0.2) is 36.4 Å². The predicted octanol–water partition coefficient (Wildman–Crippen LogP) is 3.80. The van der Waals surface area contributed by atoms with Crippen molar-refractivity contribution in [2.75, 3.05) is 23.3 Å². The van der Waals surface area contributed by atoms with Gasteiger partial charge in [0, 0.05) is 24.7 Å². The minimum Gasteiger partial charge on any atom is -0.348 e. The molecule has 1 saturated heterocycles. The van der Waals surface area contributed by atoms with Crippen molar-refractivity contribution in [1.82, 2.24) is 14.9 Å². The molecule has 1 aromatic carbocycles. The monoisotopic (exact) mass is 421 g/mol. The molecule has 3 N–H and O–H groups in total. The summed E-state index contributed by atoms with van der Waals surface area (Å²) in [4.78, 5) is 25.5. The Morgan fingerprint density at radius 1 is 1.27 bits per heavy atom. The van der Waals surface area contributed by atoms with E-state index in [2.05, 4.69) is 20.2 Å². The lowest BCUT2D eigenvalue weighted by atomic mass is 10.2. The lowest BCUT2D eigenvalue weighted by molar-refractivity contribution is 0.102. The van der Waals surface area contributed by atoms with E-state index in [4.69, 9.17) is 10.8 Å². The van der Waals surface area contributed by atoms with Crippen LogP contribution in [0.1, 0.15) is 36.3 Å². The number of amides is 1. The molecule has 1 aliphatic heterocycles. The number of amidine groups is 1. The van der Waals surface area contributed by atoms with E-state index in [1.54, 1.807) is 35.6 Å². The first kappa shape index (κ1) is 20.0. The van der Waals surface area contributed by atoms with Gasteiger partial charge >= 0.3 is 0 Å². The van der Waals surface area contributed by atoms with Crippen molar-refractivity contribution in [3.63, 3.8) is 0 Å². The first-order chi connectivity index (χ1) is 14.5. The van der Waals surface area contributed by atoms with Crippen LogP contribution in [0.4, 0.5) is 10.9 Å². The molecule has 2 aromatic heterocycles. The SMILES string of the molecule is CC(C)N(C=N)C(=N)c1cccc(NC(=O)c2ccc3nc(N4CCC4)sc3c2)n1. The maximum absolute atomic E-state index is 12.8. The van der Waals surface area contributed by atoms with Crippen LogP contribution >= 0.6 is 11.3 Å². The van der Waals surface area contributed by atoms with E-state index in [1.807, 2.05) is 26.0 Å². The number of rotatable bonds is 6. The van der Waals surface area contributed by atoms with Gasteiger partial charge < -0.3 is 15.1 Å². The molecule has 8 nitrogen and oxygen atoms in total. The summed E-state index contributed by atoms with van der Waals surface area (Å²) in [5.41, 5.74) is 1.82. The van der Waals surface area contributed by atoms with E-state index in [0.717, 1.165) is 34.8 Å². The highest BCUT2D eigenvalue weighted by molar-refractivity contribution is 7.22. The second-order valence-corrected chi connectivity index (χ2v) is 8.37. The largest absolute Gasteiger partial charge is 0.348 e. The van der Waals surface area contributed by atoms with Crippen LogP contribution in [0.2, 0.25) is 0 Å². The minimum absolute atomic E-state index is 0.0395. The fourth-order valence-electron chi connectivity index (χ4n) is 3.13. The van der Waals surface area contributed by atoms with Crippen molar-refractivity contribution >= 4 is 50.6 Å².